The van der Waals surface area contributed by atoms with Gasteiger partial charge in [-0.25, -0.2) is 4.98 Å². The number of H-pyrrole nitrogens is 1. The molecular weight excluding hydrogens is 178 g/mol. The lowest BCUT2D eigenvalue weighted by molar-refractivity contribution is 1.22. The molecule has 0 aliphatic heterocycles. The van der Waals surface area contributed by atoms with Crippen molar-refractivity contribution in [1.82, 2.24) is 9.97 Å². The Kier molecular flexibility index (Phi) is 1.40. The van der Waals surface area contributed by atoms with Crippen LogP contribution < -0.4 is 5.73 Å². The second-order valence-electron chi connectivity index (χ2n) is 2.10. The third-order valence-electron chi connectivity index (χ3n) is 1.35. The highest BCUT2D eigenvalue weighted by atomic mass is 32.1. The second kappa shape index (κ2) is 2.28. The van der Waals surface area contributed by atoms with Gasteiger partial charge >= 0.3 is 0 Å². The molecule has 0 aliphatic carbocycles. The van der Waals surface area contributed by atoms with Gasteiger partial charge in [-0.3, -0.25) is 0 Å². The molecule has 0 unspecified atom stereocenters. The number of aromatic nitrogens is 2. The Bertz CT molecular complexity index is 442. The van der Waals surface area contributed by atoms with E-state index >= 15 is 0 Å². The molecule has 0 aliphatic rings. The van der Waals surface area contributed by atoms with Crippen LogP contribution >= 0.6 is 23.6 Å². The number of nitrogens with two attached hydrogens (primary N) is 1. The van der Waals surface area contributed by atoms with E-state index in [4.69, 9.17) is 18.0 Å². The number of nitrogen functional groups attached to an aromatic ring is 1. The van der Waals surface area contributed by atoms with E-state index in [0.717, 1.165) is 15.2 Å². The zero-order chi connectivity index (χ0) is 7.84. The number of nitrogens with one attached hydrogen (secondary N) is 1. The highest BCUT2D eigenvalue weighted by molar-refractivity contribution is 7.71. The van der Waals surface area contributed by atoms with Crippen LogP contribution in [0.5, 0.6) is 0 Å². The molecule has 2 rings (SSSR count). The van der Waals surface area contributed by atoms with Crippen molar-refractivity contribution < 1.29 is 0 Å². The smallest absolute Gasteiger partial charge is 0.129 e. The monoisotopic (exact) mass is 183 g/mol. The fourth-order valence-electron chi connectivity index (χ4n) is 0.886. The molecule has 0 saturated carbocycles. The van der Waals surface area contributed by atoms with Crippen LogP contribution in [-0.4, -0.2) is 9.97 Å². The Morgan fingerprint density at radius 1 is 1.64 bits per heavy atom. The van der Waals surface area contributed by atoms with E-state index in [1.807, 2.05) is 6.07 Å². The van der Waals surface area contributed by atoms with Crippen molar-refractivity contribution in [2.24, 2.45) is 0 Å². The number of hydrogen-bond acceptors (Lipinski definition) is 4. The Morgan fingerprint density at radius 3 is 3.18 bits per heavy atom. The Morgan fingerprint density at radius 2 is 2.45 bits per heavy atom. The maximum atomic E-state index is 5.58. The quantitative estimate of drug-likeness (QED) is 0.614. The highest BCUT2D eigenvalue weighted by Crippen LogP contribution is 2.24. The second-order valence-corrected chi connectivity index (χ2v) is 3.57. The fraction of sp³-hybridized carbons (Fsp3) is 0. The molecule has 0 radical (unpaired) electrons. The Labute approximate surface area is 71.9 Å². The molecule has 5 heteroatoms. The average Bonchev–Trinajstić information content (AvgIpc) is 2.31. The van der Waals surface area contributed by atoms with Gasteiger partial charge in [-0.05, 0) is 6.07 Å². The topological polar surface area (TPSA) is 54.7 Å². The summed E-state index contributed by atoms with van der Waals surface area (Å²) in [6.07, 6.45) is 1.58. The van der Waals surface area contributed by atoms with Gasteiger partial charge < -0.3 is 10.7 Å². The molecule has 0 atom stereocenters. The molecule has 0 bridgehead atoms. The van der Waals surface area contributed by atoms with Gasteiger partial charge in [0, 0.05) is 5.39 Å². The number of hydrogen-bond donors (Lipinski definition) is 2. The van der Waals surface area contributed by atoms with Crippen molar-refractivity contribution in [3.8, 4) is 0 Å². The Balaban J connectivity index is 3.02. The number of aromatic amines is 1. The van der Waals surface area contributed by atoms with Crippen molar-refractivity contribution in [3.05, 3.63) is 17.0 Å². The van der Waals surface area contributed by atoms with Gasteiger partial charge in [0.1, 0.15) is 9.47 Å². The van der Waals surface area contributed by atoms with Gasteiger partial charge in [-0.15, -0.1) is 0 Å². The average molecular weight is 183 g/mol. The third kappa shape index (κ3) is 1.02. The van der Waals surface area contributed by atoms with Gasteiger partial charge in [-0.1, -0.05) is 23.6 Å². The van der Waals surface area contributed by atoms with Gasteiger partial charge in [0.25, 0.3) is 0 Å². The van der Waals surface area contributed by atoms with Crippen LogP contribution in [0.4, 0.5) is 5.00 Å². The first kappa shape index (κ1) is 6.75. The third-order valence-corrected chi connectivity index (χ3v) is 2.56. The normalized spacial score (nSPS) is 10.5. The molecular formula is C6H5N3S2. The molecule has 56 valence electrons. The zero-order valence-corrected chi connectivity index (χ0v) is 7.13. The van der Waals surface area contributed by atoms with Crippen LogP contribution in [0.25, 0.3) is 10.2 Å². The maximum Gasteiger partial charge on any atom is 0.129 e. The minimum absolute atomic E-state index is 0.697. The van der Waals surface area contributed by atoms with Crippen molar-refractivity contribution in [1.29, 1.82) is 0 Å². The van der Waals surface area contributed by atoms with Crippen LogP contribution in [0.1, 0.15) is 0 Å². The summed E-state index contributed by atoms with van der Waals surface area (Å²) < 4.78 is 0.697. The van der Waals surface area contributed by atoms with Crippen molar-refractivity contribution in [3.63, 3.8) is 0 Å². The predicted molar refractivity (Wildman–Crippen MR) is 49.2 cm³/mol. The lowest BCUT2D eigenvalue weighted by Crippen LogP contribution is -1.76. The van der Waals surface area contributed by atoms with Crippen LogP contribution in [-0.2, 0) is 0 Å². The summed E-state index contributed by atoms with van der Waals surface area (Å²) in [4.78, 5) is 7.82. The highest BCUT2D eigenvalue weighted by Gasteiger charge is 1.99. The maximum absolute atomic E-state index is 5.58. The fourth-order valence-corrected chi connectivity index (χ4v) is 1.94. The summed E-state index contributed by atoms with van der Waals surface area (Å²) in [5, 5.41) is 1.68. The molecule has 3 nitrogen and oxygen atoms in total. The molecule has 0 fully saturated rings. The predicted octanol–water partition coefficient (Wildman–Crippen LogP) is 1.94. The van der Waals surface area contributed by atoms with E-state index in [9.17, 15) is 0 Å². The number of nitrogens with zero attached hydrogens (tertiary/aromatic N) is 1. The summed E-state index contributed by atoms with van der Waals surface area (Å²) in [7, 11) is 0. The van der Waals surface area contributed by atoms with E-state index in [2.05, 4.69) is 9.97 Å². The zero-order valence-electron chi connectivity index (χ0n) is 5.50. The van der Waals surface area contributed by atoms with Gasteiger partial charge in [-0.2, -0.15) is 0 Å². The lowest BCUT2D eigenvalue weighted by atomic mass is 10.4. The minimum Gasteiger partial charge on any atom is -0.391 e. The van der Waals surface area contributed by atoms with Gasteiger partial charge in [0.2, 0.25) is 0 Å². The number of anilines is 1. The molecule has 2 aromatic rings. The first-order valence-corrected chi connectivity index (χ1v) is 4.22. The summed E-state index contributed by atoms with van der Waals surface area (Å²) in [5.74, 6) is 0. The van der Waals surface area contributed by atoms with E-state index in [1.165, 1.54) is 11.3 Å². The summed E-state index contributed by atoms with van der Waals surface area (Å²) >= 11 is 6.47. The minimum atomic E-state index is 0.697. The lowest BCUT2D eigenvalue weighted by Gasteiger charge is -1.84. The van der Waals surface area contributed by atoms with Gasteiger partial charge in [0.15, 0.2) is 0 Å². The molecule has 11 heavy (non-hydrogen) atoms. The van der Waals surface area contributed by atoms with Crippen LogP contribution in [0.15, 0.2) is 12.4 Å². The van der Waals surface area contributed by atoms with Crippen molar-refractivity contribution in [2.75, 3.05) is 5.73 Å². The van der Waals surface area contributed by atoms with E-state index in [0.29, 0.717) is 4.64 Å². The van der Waals surface area contributed by atoms with E-state index < -0.39 is 0 Å². The molecule has 0 aromatic carbocycles. The Hall–Kier alpha value is -0.940. The molecule has 0 spiro atoms. The molecule has 3 N–H and O–H groups in total. The summed E-state index contributed by atoms with van der Waals surface area (Å²) in [6.45, 7) is 0. The van der Waals surface area contributed by atoms with Crippen LogP contribution in [0, 0.1) is 4.64 Å². The number of rotatable bonds is 0. The molecule has 2 heterocycles. The summed E-state index contributed by atoms with van der Waals surface area (Å²) in [5.41, 5.74) is 5.58. The number of fused-ring (bicyclic) bond motifs is 1. The molecule has 0 amide bonds. The summed E-state index contributed by atoms with van der Waals surface area (Å²) in [6, 6.07) is 1.84. The first-order chi connectivity index (χ1) is 5.27. The largest absolute Gasteiger partial charge is 0.391 e. The van der Waals surface area contributed by atoms with Crippen LogP contribution in [0.3, 0.4) is 0 Å². The van der Waals surface area contributed by atoms with Gasteiger partial charge in [0.05, 0.1) is 11.3 Å². The van der Waals surface area contributed by atoms with Crippen molar-refractivity contribution in [2.45, 2.75) is 0 Å². The standard InChI is InChI=1S/C6H5N3S2/c7-4-1-3-5(10)8-2-9-6(3)11-4/h1-2H,7H2,(H,8,9,10). The van der Waals surface area contributed by atoms with Crippen molar-refractivity contribution >= 4 is 38.8 Å². The number of thiophene rings is 1. The SMILES string of the molecule is Nc1cc2c(=S)[nH]cnc2s1. The van der Waals surface area contributed by atoms with E-state index in [-0.39, 0.29) is 0 Å². The molecule has 0 saturated heterocycles. The van der Waals surface area contributed by atoms with Crippen LogP contribution in [0.2, 0.25) is 0 Å². The first-order valence-electron chi connectivity index (χ1n) is 3.00. The van der Waals surface area contributed by atoms with E-state index in [1.54, 1.807) is 6.33 Å². The molecule has 2 aromatic heterocycles.